The Balaban J connectivity index is 1.32. The first-order chi connectivity index (χ1) is 22.2. The fraction of sp³-hybridized carbons (Fsp3) is 0.0541. The first kappa shape index (κ1) is 32.8. The van der Waals surface area contributed by atoms with Crippen molar-refractivity contribution in [3.8, 4) is 0 Å². The average molecular weight is 711 g/mol. The van der Waals surface area contributed by atoms with Crippen LogP contribution in [-0.2, 0) is 9.59 Å². The molecule has 0 bridgehead atoms. The number of aryl methyl sites for hydroxylation is 1. The van der Waals surface area contributed by atoms with Gasteiger partial charge in [-0.15, -0.1) is 11.8 Å². The van der Waals surface area contributed by atoms with Gasteiger partial charge in [-0.05, 0) is 90.4 Å². The van der Waals surface area contributed by atoms with Gasteiger partial charge in [-0.1, -0.05) is 94.3 Å². The molecule has 9 heteroatoms. The topological polar surface area (TPSA) is 87.3 Å². The summed E-state index contributed by atoms with van der Waals surface area (Å²) < 4.78 is 0.897. The molecule has 0 aliphatic heterocycles. The quantitative estimate of drug-likeness (QED) is 0.0996. The van der Waals surface area contributed by atoms with E-state index in [4.69, 9.17) is 11.6 Å². The molecule has 5 rings (SSSR count). The molecule has 0 radical (unpaired) electrons. The van der Waals surface area contributed by atoms with Gasteiger partial charge in [0.05, 0.1) is 0 Å². The fourth-order valence-electron chi connectivity index (χ4n) is 4.40. The minimum atomic E-state index is -0.546. The summed E-state index contributed by atoms with van der Waals surface area (Å²) in [4.78, 5) is 40.7. The predicted molar refractivity (Wildman–Crippen MR) is 191 cm³/mol. The number of carbonyl (C=O) groups is 3. The Bertz CT molecular complexity index is 1870. The third kappa shape index (κ3) is 8.97. The zero-order chi connectivity index (χ0) is 32.5. The number of anilines is 2. The number of hydrogen-bond donors (Lipinski definition) is 3. The van der Waals surface area contributed by atoms with Crippen LogP contribution in [0.25, 0.3) is 6.08 Å². The van der Waals surface area contributed by atoms with E-state index in [2.05, 4.69) is 31.9 Å². The SMILES string of the molecule is Cc1ccc(NC(=O)C(Sc2ccc(NC(=O)/C(=C/c3ccc(Br)cc3)NC(=O)c3ccccc3)cc2)c2ccccc2)cc1Cl. The molecule has 0 fully saturated rings. The van der Waals surface area contributed by atoms with Crippen LogP contribution in [0.15, 0.2) is 142 Å². The van der Waals surface area contributed by atoms with Crippen molar-refractivity contribution in [3.05, 3.63) is 165 Å². The average Bonchev–Trinajstić information content (AvgIpc) is 3.07. The van der Waals surface area contributed by atoms with Crippen LogP contribution in [0, 0.1) is 6.92 Å². The van der Waals surface area contributed by atoms with E-state index in [9.17, 15) is 14.4 Å². The third-order valence-electron chi connectivity index (χ3n) is 6.86. The van der Waals surface area contributed by atoms with Gasteiger partial charge in [-0.2, -0.15) is 0 Å². The largest absolute Gasteiger partial charge is 0.325 e. The van der Waals surface area contributed by atoms with E-state index in [0.717, 1.165) is 26.1 Å². The van der Waals surface area contributed by atoms with Crippen LogP contribution in [0.1, 0.15) is 32.3 Å². The maximum absolute atomic E-state index is 13.5. The van der Waals surface area contributed by atoms with Crippen LogP contribution in [0.3, 0.4) is 0 Å². The van der Waals surface area contributed by atoms with Crippen molar-refractivity contribution in [1.29, 1.82) is 0 Å². The second-order valence-electron chi connectivity index (χ2n) is 10.3. The molecule has 5 aromatic rings. The van der Waals surface area contributed by atoms with Crippen LogP contribution >= 0.6 is 39.3 Å². The van der Waals surface area contributed by atoms with Crippen LogP contribution in [0.5, 0.6) is 0 Å². The molecule has 0 saturated heterocycles. The second kappa shape index (κ2) is 15.6. The Morgan fingerprint density at radius 1 is 0.761 bits per heavy atom. The van der Waals surface area contributed by atoms with Gasteiger partial charge in [-0.3, -0.25) is 14.4 Å². The molecule has 0 spiro atoms. The lowest BCUT2D eigenvalue weighted by molar-refractivity contribution is -0.116. The lowest BCUT2D eigenvalue weighted by Crippen LogP contribution is -2.30. The highest BCUT2D eigenvalue weighted by Gasteiger charge is 2.23. The first-order valence-electron chi connectivity index (χ1n) is 14.3. The number of rotatable bonds is 10. The van der Waals surface area contributed by atoms with E-state index in [1.54, 1.807) is 48.5 Å². The highest BCUT2D eigenvalue weighted by molar-refractivity contribution is 9.10. The molecule has 3 amide bonds. The van der Waals surface area contributed by atoms with Crippen molar-refractivity contribution in [1.82, 2.24) is 5.32 Å². The number of halogens is 2. The van der Waals surface area contributed by atoms with Crippen molar-refractivity contribution in [2.75, 3.05) is 10.6 Å². The molecule has 0 saturated carbocycles. The lowest BCUT2D eigenvalue weighted by Gasteiger charge is -2.18. The fourth-order valence-corrected chi connectivity index (χ4v) is 5.87. The van der Waals surface area contributed by atoms with Gasteiger partial charge in [0.25, 0.3) is 11.8 Å². The summed E-state index contributed by atoms with van der Waals surface area (Å²) in [5.74, 6) is -1.07. The molecule has 6 nitrogen and oxygen atoms in total. The molecule has 230 valence electrons. The predicted octanol–water partition coefficient (Wildman–Crippen LogP) is 9.29. The second-order valence-corrected chi connectivity index (χ2v) is 12.8. The first-order valence-corrected chi connectivity index (χ1v) is 16.3. The molecule has 5 aromatic carbocycles. The maximum Gasteiger partial charge on any atom is 0.272 e. The summed E-state index contributed by atoms with van der Waals surface area (Å²) >= 11 is 11.1. The monoisotopic (exact) mass is 709 g/mol. The standard InChI is InChI=1S/C37H29BrClN3O3S/c1-24-12-17-30(23-32(24)39)41-37(45)34(26-8-4-2-5-9-26)46-31-20-18-29(19-21-31)40-36(44)33(22-25-13-15-28(38)16-14-25)42-35(43)27-10-6-3-7-11-27/h2-23,34H,1H3,(H,40,44)(H,41,45)(H,42,43)/b33-22-. The Hall–Kier alpha value is -4.63. The molecular formula is C37H29BrClN3O3S. The Kier molecular flexibility index (Phi) is 11.1. The number of thioether (sulfide) groups is 1. The number of hydrogen-bond acceptors (Lipinski definition) is 4. The van der Waals surface area contributed by atoms with E-state index in [-0.39, 0.29) is 11.6 Å². The number of carbonyl (C=O) groups excluding carboxylic acids is 3. The number of nitrogens with one attached hydrogen (secondary N) is 3. The summed E-state index contributed by atoms with van der Waals surface area (Å²) in [6.07, 6.45) is 1.62. The molecule has 1 unspecified atom stereocenters. The van der Waals surface area contributed by atoms with Gasteiger partial charge < -0.3 is 16.0 Å². The van der Waals surface area contributed by atoms with Crippen molar-refractivity contribution >= 4 is 74.5 Å². The van der Waals surface area contributed by atoms with Gasteiger partial charge in [0, 0.05) is 31.3 Å². The van der Waals surface area contributed by atoms with Crippen molar-refractivity contribution in [3.63, 3.8) is 0 Å². The Labute approximate surface area is 285 Å². The molecule has 0 aliphatic carbocycles. The molecule has 0 aromatic heterocycles. The van der Waals surface area contributed by atoms with E-state index in [0.29, 0.717) is 22.0 Å². The smallest absolute Gasteiger partial charge is 0.272 e. The zero-order valence-corrected chi connectivity index (χ0v) is 27.8. The van der Waals surface area contributed by atoms with Crippen molar-refractivity contribution in [2.24, 2.45) is 0 Å². The van der Waals surface area contributed by atoms with E-state index < -0.39 is 17.1 Å². The third-order valence-corrected chi connectivity index (χ3v) is 9.06. The molecule has 0 heterocycles. The normalized spacial score (nSPS) is 11.8. The minimum Gasteiger partial charge on any atom is -0.325 e. The minimum absolute atomic E-state index is 0.0895. The summed E-state index contributed by atoms with van der Waals surface area (Å²) in [7, 11) is 0. The van der Waals surface area contributed by atoms with Gasteiger partial charge in [0.15, 0.2) is 0 Å². The maximum atomic E-state index is 13.5. The summed E-state index contributed by atoms with van der Waals surface area (Å²) in [5.41, 5.74) is 4.18. The molecule has 1 atom stereocenters. The summed E-state index contributed by atoms with van der Waals surface area (Å²) in [6, 6.07) is 38.2. The zero-order valence-electron chi connectivity index (χ0n) is 24.7. The van der Waals surface area contributed by atoms with Crippen LogP contribution in [0.4, 0.5) is 11.4 Å². The number of amides is 3. The van der Waals surface area contributed by atoms with Crippen LogP contribution in [0.2, 0.25) is 5.02 Å². The molecular weight excluding hydrogens is 682 g/mol. The van der Waals surface area contributed by atoms with Gasteiger partial charge in [0.2, 0.25) is 5.91 Å². The van der Waals surface area contributed by atoms with Gasteiger partial charge in [0.1, 0.15) is 10.9 Å². The van der Waals surface area contributed by atoms with Gasteiger partial charge in [-0.25, -0.2) is 0 Å². The molecule has 3 N–H and O–H groups in total. The Morgan fingerprint density at radius 3 is 2.04 bits per heavy atom. The van der Waals surface area contributed by atoms with E-state index in [1.165, 1.54) is 11.8 Å². The molecule has 0 aliphatic rings. The lowest BCUT2D eigenvalue weighted by atomic mass is 10.1. The Morgan fingerprint density at radius 2 is 1.39 bits per heavy atom. The van der Waals surface area contributed by atoms with Crippen molar-refractivity contribution in [2.45, 2.75) is 17.1 Å². The van der Waals surface area contributed by atoms with Crippen LogP contribution in [-0.4, -0.2) is 17.7 Å². The molecule has 46 heavy (non-hydrogen) atoms. The van der Waals surface area contributed by atoms with Crippen LogP contribution < -0.4 is 16.0 Å². The van der Waals surface area contributed by atoms with E-state index >= 15 is 0 Å². The number of benzene rings is 5. The van der Waals surface area contributed by atoms with Crippen molar-refractivity contribution < 1.29 is 14.4 Å². The van der Waals surface area contributed by atoms with Gasteiger partial charge >= 0.3 is 0 Å². The highest BCUT2D eigenvalue weighted by atomic mass is 79.9. The summed E-state index contributed by atoms with van der Waals surface area (Å²) in [6.45, 7) is 1.91. The van der Waals surface area contributed by atoms with E-state index in [1.807, 2.05) is 91.9 Å². The summed E-state index contributed by atoms with van der Waals surface area (Å²) in [5, 5.41) is 8.64. The highest BCUT2D eigenvalue weighted by Crippen LogP contribution is 2.37.